The van der Waals surface area contributed by atoms with Gasteiger partial charge in [0.05, 0.1) is 17.2 Å². The number of fused-ring (bicyclic) bond motifs is 1. The summed E-state index contributed by atoms with van der Waals surface area (Å²) < 4.78 is 22.7. The molecule has 8 nitrogen and oxygen atoms in total. The molecule has 1 aliphatic carbocycles. The Kier molecular flexibility index (Phi) is 6.03. The summed E-state index contributed by atoms with van der Waals surface area (Å²) in [5.41, 5.74) is 3.30. The minimum atomic E-state index is -1.93. The lowest BCUT2D eigenvalue weighted by molar-refractivity contribution is -0.366. The fourth-order valence-corrected chi connectivity index (χ4v) is 4.93. The lowest BCUT2D eigenvalue weighted by Gasteiger charge is -2.47. The highest BCUT2D eigenvalue weighted by Gasteiger charge is 2.57. The second-order valence-electron chi connectivity index (χ2n) is 8.79. The Morgan fingerprint density at radius 2 is 1.76 bits per heavy atom. The molecule has 2 fully saturated rings. The topological polar surface area (TPSA) is 118 Å². The summed E-state index contributed by atoms with van der Waals surface area (Å²) in [5, 5.41) is 41.7. The molecule has 0 bridgehead atoms. The molecule has 1 saturated carbocycles. The Morgan fingerprint density at radius 1 is 1.06 bits per heavy atom. The number of hydrogen-bond donors (Lipinski definition) is 4. The van der Waals surface area contributed by atoms with Crippen molar-refractivity contribution in [3.8, 4) is 11.5 Å². The van der Waals surface area contributed by atoms with Gasteiger partial charge in [0.2, 0.25) is 12.6 Å². The van der Waals surface area contributed by atoms with Crippen LogP contribution in [0.4, 0.5) is 0 Å². The van der Waals surface area contributed by atoms with Crippen LogP contribution in [-0.4, -0.2) is 65.4 Å². The molecule has 0 amide bonds. The summed E-state index contributed by atoms with van der Waals surface area (Å²) >= 11 is 6.66. The normalized spacial score (nSPS) is 31.1. The number of halogens is 1. The number of methoxy groups -OCH3 is 1. The van der Waals surface area contributed by atoms with Crippen molar-refractivity contribution in [2.45, 2.75) is 55.4 Å². The zero-order chi connectivity index (χ0) is 23.3. The van der Waals surface area contributed by atoms with Crippen LogP contribution in [0.15, 0.2) is 30.3 Å². The van der Waals surface area contributed by atoms with E-state index in [0.717, 1.165) is 5.56 Å². The first-order valence-electron chi connectivity index (χ1n) is 11.0. The molecule has 2 heterocycles. The van der Waals surface area contributed by atoms with Gasteiger partial charge in [0.1, 0.15) is 24.4 Å². The lowest BCUT2D eigenvalue weighted by atomic mass is 9.86. The molecule has 2 aliphatic heterocycles. The van der Waals surface area contributed by atoms with Crippen LogP contribution in [0.25, 0.3) is 0 Å². The van der Waals surface area contributed by atoms with E-state index in [-0.39, 0.29) is 23.9 Å². The molecule has 178 valence electrons. The average molecular weight is 479 g/mol. The van der Waals surface area contributed by atoms with Crippen molar-refractivity contribution in [3.63, 3.8) is 0 Å². The predicted octanol–water partition coefficient (Wildman–Crippen LogP) is 1.81. The van der Waals surface area contributed by atoms with Gasteiger partial charge in [0.15, 0.2) is 11.5 Å². The molecule has 0 radical (unpaired) electrons. The van der Waals surface area contributed by atoms with Gasteiger partial charge >= 0.3 is 0 Å². The van der Waals surface area contributed by atoms with Crippen LogP contribution in [-0.2, 0) is 21.7 Å². The van der Waals surface area contributed by atoms with E-state index in [0.29, 0.717) is 22.9 Å². The standard InChI is InChI=1S/C24H27ClO8/c1-30-24(23(29)20(28)19(27)17(10-26)33-24)16-9-15(18(25)22-21(16)31-11-32-22)8-12-2-4-13(5-3-12)14-6-7-14/h2-5,9,14,17,19-20,23,26-29H,6-8,10-11H2,1H3/t17-,19-,20+,23-,24?/m1/s1. The molecule has 3 aliphatic rings. The van der Waals surface area contributed by atoms with Crippen LogP contribution >= 0.6 is 11.6 Å². The van der Waals surface area contributed by atoms with Gasteiger partial charge in [0.25, 0.3) is 0 Å². The average Bonchev–Trinajstić information content (AvgIpc) is 3.56. The molecule has 33 heavy (non-hydrogen) atoms. The fourth-order valence-electron chi connectivity index (χ4n) is 4.66. The van der Waals surface area contributed by atoms with E-state index in [4.69, 9.17) is 30.5 Å². The third-order valence-corrected chi connectivity index (χ3v) is 7.12. The number of hydrogen-bond acceptors (Lipinski definition) is 8. The molecule has 5 rings (SSSR count). The molecule has 2 aromatic rings. The van der Waals surface area contributed by atoms with Crippen molar-refractivity contribution in [2.75, 3.05) is 20.5 Å². The Morgan fingerprint density at radius 3 is 2.39 bits per heavy atom. The summed E-state index contributed by atoms with van der Waals surface area (Å²) in [4.78, 5) is 0. The molecule has 4 N–H and O–H groups in total. The predicted molar refractivity (Wildman–Crippen MR) is 117 cm³/mol. The van der Waals surface area contributed by atoms with Gasteiger partial charge in [0, 0.05) is 7.11 Å². The molecule has 0 spiro atoms. The molecular formula is C24H27ClO8. The maximum Gasteiger partial charge on any atom is 0.231 e. The molecular weight excluding hydrogens is 452 g/mol. The third kappa shape index (κ3) is 3.80. The highest BCUT2D eigenvalue weighted by molar-refractivity contribution is 6.33. The van der Waals surface area contributed by atoms with E-state index in [1.165, 1.54) is 25.5 Å². The molecule has 1 unspecified atom stereocenters. The lowest BCUT2D eigenvalue weighted by Crippen LogP contribution is -2.64. The van der Waals surface area contributed by atoms with Crippen molar-refractivity contribution < 1.29 is 39.4 Å². The van der Waals surface area contributed by atoms with Gasteiger partial charge in [-0.3, -0.25) is 0 Å². The number of ether oxygens (including phenoxy) is 4. The summed E-state index contributed by atoms with van der Waals surface area (Å²) in [7, 11) is 1.30. The highest BCUT2D eigenvalue weighted by Crippen LogP contribution is 2.51. The van der Waals surface area contributed by atoms with E-state index in [1.54, 1.807) is 6.07 Å². The van der Waals surface area contributed by atoms with Crippen LogP contribution in [0.3, 0.4) is 0 Å². The summed E-state index contributed by atoms with van der Waals surface area (Å²) in [6, 6.07) is 10.1. The van der Waals surface area contributed by atoms with E-state index in [9.17, 15) is 20.4 Å². The van der Waals surface area contributed by atoms with Crippen molar-refractivity contribution in [1.29, 1.82) is 0 Å². The van der Waals surface area contributed by atoms with E-state index >= 15 is 0 Å². The van der Waals surface area contributed by atoms with Crippen LogP contribution in [0, 0.1) is 0 Å². The second kappa shape index (κ2) is 8.70. The summed E-state index contributed by atoms with van der Waals surface area (Å²) in [6.07, 6.45) is -3.09. The van der Waals surface area contributed by atoms with E-state index in [1.807, 2.05) is 0 Å². The third-order valence-electron chi connectivity index (χ3n) is 6.71. The SMILES string of the molecule is COC1(c2cc(Cc3ccc(C4CC4)cc3)c(Cl)c3c2OCO3)O[C@H](CO)[C@@H](O)[C@H](O)[C@H]1O. The Bertz CT molecular complexity index is 1020. The van der Waals surface area contributed by atoms with Gasteiger partial charge in [-0.1, -0.05) is 35.9 Å². The second-order valence-corrected chi connectivity index (χ2v) is 9.17. The zero-order valence-electron chi connectivity index (χ0n) is 18.1. The quantitative estimate of drug-likeness (QED) is 0.496. The van der Waals surface area contributed by atoms with Gasteiger partial charge < -0.3 is 39.4 Å². The zero-order valence-corrected chi connectivity index (χ0v) is 18.9. The Balaban J connectivity index is 1.57. The Hall–Kier alpha value is -1.91. The van der Waals surface area contributed by atoms with Crippen LogP contribution in [0.2, 0.25) is 5.02 Å². The minimum Gasteiger partial charge on any atom is -0.453 e. The first-order valence-corrected chi connectivity index (χ1v) is 11.4. The fraction of sp³-hybridized carbons (Fsp3) is 0.500. The van der Waals surface area contributed by atoms with E-state index in [2.05, 4.69) is 24.3 Å². The van der Waals surface area contributed by atoms with Crippen molar-refractivity contribution >= 4 is 11.6 Å². The summed E-state index contributed by atoms with van der Waals surface area (Å²) in [5.74, 6) is -0.771. The van der Waals surface area contributed by atoms with Crippen LogP contribution < -0.4 is 9.47 Å². The largest absolute Gasteiger partial charge is 0.453 e. The molecule has 9 heteroatoms. The van der Waals surface area contributed by atoms with Gasteiger partial charge in [-0.05, 0) is 47.9 Å². The molecule has 1 saturated heterocycles. The minimum absolute atomic E-state index is 0.0912. The maximum atomic E-state index is 10.9. The first kappa shape index (κ1) is 22.9. The number of aliphatic hydroxyl groups excluding tert-OH is 4. The smallest absolute Gasteiger partial charge is 0.231 e. The Labute approximate surface area is 196 Å². The summed E-state index contributed by atoms with van der Waals surface area (Å²) in [6.45, 7) is -0.685. The number of aliphatic hydroxyl groups is 4. The first-order chi connectivity index (χ1) is 15.9. The van der Waals surface area contributed by atoms with Gasteiger partial charge in [-0.2, -0.15) is 0 Å². The number of rotatable bonds is 6. The monoisotopic (exact) mass is 478 g/mol. The molecule has 2 aromatic carbocycles. The van der Waals surface area contributed by atoms with Gasteiger partial charge in [-0.25, -0.2) is 0 Å². The molecule has 0 aromatic heterocycles. The van der Waals surface area contributed by atoms with Gasteiger partial charge in [-0.15, -0.1) is 0 Å². The van der Waals surface area contributed by atoms with Crippen LogP contribution in [0.1, 0.15) is 41.0 Å². The van der Waals surface area contributed by atoms with Crippen LogP contribution in [0.5, 0.6) is 11.5 Å². The maximum absolute atomic E-state index is 10.9. The van der Waals surface area contributed by atoms with Crippen molar-refractivity contribution in [2.24, 2.45) is 0 Å². The van der Waals surface area contributed by atoms with Crippen molar-refractivity contribution in [1.82, 2.24) is 0 Å². The number of benzene rings is 2. The molecule has 5 atom stereocenters. The van der Waals surface area contributed by atoms with Crippen molar-refractivity contribution in [3.05, 3.63) is 57.6 Å². The van der Waals surface area contributed by atoms with E-state index < -0.39 is 36.8 Å². The highest BCUT2D eigenvalue weighted by atomic mass is 35.5.